The molecule has 35 heavy (non-hydrogen) atoms. The number of fused-ring (bicyclic) bond motifs is 1. The Kier molecular flexibility index (Phi) is 7.42. The fraction of sp³-hybridized carbons (Fsp3) is 0.346. The van der Waals surface area contributed by atoms with Crippen molar-refractivity contribution in [1.82, 2.24) is 4.98 Å². The molecule has 0 saturated carbocycles. The molecule has 1 fully saturated rings. The number of nitrogens with zero attached hydrogens (tertiary/aromatic N) is 3. The van der Waals surface area contributed by atoms with E-state index >= 15 is 0 Å². The van der Waals surface area contributed by atoms with Crippen molar-refractivity contribution < 1.29 is 9.15 Å². The van der Waals surface area contributed by atoms with Crippen LogP contribution in [0.1, 0.15) is 35.4 Å². The van der Waals surface area contributed by atoms with Crippen LogP contribution in [0.4, 0.5) is 11.5 Å². The van der Waals surface area contributed by atoms with Crippen molar-refractivity contribution in [3.63, 3.8) is 0 Å². The minimum absolute atomic E-state index is 0.0931. The minimum Gasteiger partial charge on any atom is -0.455 e. The molecule has 3 aromatic rings. The lowest BCUT2D eigenvalue weighted by atomic mass is 9.99. The number of halogens is 1. The van der Waals surface area contributed by atoms with Gasteiger partial charge in [-0.2, -0.15) is 0 Å². The van der Waals surface area contributed by atoms with Crippen molar-refractivity contribution in [2.24, 2.45) is 10.7 Å². The summed E-state index contributed by atoms with van der Waals surface area (Å²) in [6.07, 6.45) is 2.98. The number of morpholine rings is 1. The van der Waals surface area contributed by atoms with Gasteiger partial charge in [0.2, 0.25) is 0 Å². The summed E-state index contributed by atoms with van der Waals surface area (Å²) in [7, 11) is 1.64. The second-order valence-corrected chi connectivity index (χ2v) is 8.98. The number of aryl methyl sites for hydroxylation is 1. The van der Waals surface area contributed by atoms with E-state index in [1.54, 1.807) is 26.3 Å². The summed E-state index contributed by atoms with van der Waals surface area (Å²) in [6.45, 7) is 8.47. The number of benzene rings is 1. The Hall–Kier alpha value is -3.36. The summed E-state index contributed by atoms with van der Waals surface area (Å²) >= 11 is 6.23. The van der Waals surface area contributed by atoms with Gasteiger partial charge in [0.25, 0.3) is 0 Å². The quantitative estimate of drug-likeness (QED) is 0.384. The molecule has 1 atom stereocenters. The zero-order valence-electron chi connectivity index (χ0n) is 20.4. The Morgan fingerprint density at radius 3 is 2.71 bits per heavy atom. The molecular formula is C26H30ClN5O3. The number of hydrogen-bond acceptors (Lipinski definition) is 8. The van der Waals surface area contributed by atoms with Crippen LogP contribution < -0.4 is 21.4 Å². The molecule has 0 spiro atoms. The van der Waals surface area contributed by atoms with E-state index < -0.39 is 0 Å². The maximum absolute atomic E-state index is 13.3. The third-order valence-corrected chi connectivity index (χ3v) is 6.30. The van der Waals surface area contributed by atoms with E-state index in [2.05, 4.69) is 20.2 Å². The number of nitrogens with one attached hydrogen (secondary N) is 1. The molecule has 0 aliphatic carbocycles. The minimum atomic E-state index is -0.205. The molecule has 1 saturated heterocycles. The highest BCUT2D eigenvalue weighted by molar-refractivity contribution is 6.29. The van der Waals surface area contributed by atoms with Gasteiger partial charge in [-0.3, -0.25) is 9.79 Å². The molecule has 0 bridgehead atoms. The highest BCUT2D eigenvalue weighted by Gasteiger charge is 2.22. The molecule has 3 N–H and O–H groups in total. The Morgan fingerprint density at radius 2 is 2.03 bits per heavy atom. The second kappa shape index (κ2) is 10.5. The van der Waals surface area contributed by atoms with E-state index in [0.29, 0.717) is 46.2 Å². The number of aromatic nitrogens is 1. The molecule has 8 nitrogen and oxygen atoms in total. The number of anilines is 2. The van der Waals surface area contributed by atoms with Crippen LogP contribution in [0.25, 0.3) is 16.5 Å². The van der Waals surface area contributed by atoms with Crippen LogP contribution in [-0.2, 0) is 4.74 Å². The second-order valence-electron chi connectivity index (χ2n) is 8.60. The predicted molar refractivity (Wildman–Crippen MR) is 143 cm³/mol. The molecular weight excluding hydrogens is 466 g/mol. The van der Waals surface area contributed by atoms with Crippen molar-refractivity contribution in [3.05, 3.63) is 68.3 Å². The number of allylic oxidation sites excluding steroid dienone is 1. The molecule has 0 amide bonds. The summed E-state index contributed by atoms with van der Waals surface area (Å²) < 4.78 is 11.8. The molecule has 0 radical (unpaired) electrons. The smallest absolute Gasteiger partial charge is 0.196 e. The largest absolute Gasteiger partial charge is 0.455 e. The molecule has 184 valence electrons. The lowest BCUT2D eigenvalue weighted by Gasteiger charge is -2.30. The van der Waals surface area contributed by atoms with Gasteiger partial charge in [-0.1, -0.05) is 17.7 Å². The van der Waals surface area contributed by atoms with Crippen molar-refractivity contribution in [3.8, 4) is 0 Å². The molecule has 4 rings (SSSR count). The summed E-state index contributed by atoms with van der Waals surface area (Å²) in [5, 5.41) is 4.52. The van der Waals surface area contributed by atoms with Gasteiger partial charge in [0.15, 0.2) is 11.2 Å². The van der Waals surface area contributed by atoms with Crippen LogP contribution in [-0.4, -0.2) is 44.5 Å². The maximum atomic E-state index is 13.3. The van der Waals surface area contributed by atoms with Crippen LogP contribution in [0.15, 0.2) is 44.7 Å². The Balaban J connectivity index is 1.82. The van der Waals surface area contributed by atoms with E-state index in [4.69, 9.17) is 26.5 Å². The average Bonchev–Trinajstić information content (AvgIpc) is 2.86. The molecule has 1 aromatic carbocycles. The lowest BCUT2D eigenvalue weighted by molar-refractivity contribution is 0.122. The van der Waals surface area contributed by atoms with E-state index in [1.807, 2.05) is 32.0 Å². The van der Waals surface area contributed by atoms with Crippen molar-refractivity contribution in [1.29, 1.82) is 0 Å². The average molecular weight is 496 g/mol. The SMILES string of the molecule is CN=C/C(=C\N)c1oc2c(C(C)Nc3ccc(Cl)nc3N3CCOCC3)cc(C)cc2c(=O)c1C. The Labute approximate surface area is 209 Å². The highest BCUT2D eigenvalue weighted by atomic mass is 35.5. The third kappa shape index (κ3) is 5.04. The van der Waals surface area contributed by atoms with Crippen LogP contribution in [0.2, 0.25) is 5.15 Å². The van der Waals surface area contributed by atoms with Gasteiger partial charge < -0.3 is 25.1 Å². The van der Waals surface area contributed by atoms with Gasteiger partial charge in [0, 0.05) is 43.7 Å². The summed E-state index contributed by atoms with van der Waals surface area (Å²) in [5.41, 5.74) is 9.94. The van der Waals surface area contributed by atoms with Gasteiger partial charge >= 0.3 is 0 Å². The van der Waals surface area contributed by atoms with Gasteiger partial charge in [0.1, 0.15) is 16.5 Å². The van der Waals surface area contributed by atoms with Crippen LogP contribution in [0.5, 0.6) is 0 Å². The van der Waals surface area contributed by atoms with Crippen molar-refractivity contribution in [2.75, 3.05) is 43.6 Å². The zero-order chi connectivity index (χ0) is 25.1. The predicted octanol–water partition coefficient (Wildman–Crippen LogP) is 4.47. The topological polar surface area (TPSA) is 106 Å². The van der Waals surface area contributed by atoms with Gasteiger partial charge in [-0.15, -0.1) is 0 Å². The van der Waals surface area contributed by atoms with Gasteiger partial charge in [-0.05, 0) is 44.5 Å². The summed E-state index contributed by atoms with van der Waals surface area (Å²) in [5.74, 6) is 1.19. The number of ether oxygens (including phenoxy) is 1. The normalized spacial score (nSPS) is 15.7. The Morgan fingerprint density at radius 1 is 1.29 bits per heavy atom. The number of pyridine rings is 1. The molecule has 1 unspecified atom stereocenters. The first-order valence-corrected chi connectivity index (χ1v) is 11.9. The molecule has 1 aliphatic rings. The first-order chi connectivity index (χ1) is 16.8. The van der Waals surface area contributed by atoms with Crippen LogP contribution in [0.3, 0.4) is 0 Å². The molecule has 3 heterocycles. The summed E-state index contributed by atoms with van der Waals surface area (Å²) in [6, 6.07) is 7.37. The van der Waals surface area contributed by atoms with Crippen LogP contribution in [0, 0.1) is 13.8 Å². The fourth-order valence-corrected chi connectivity index (χ4v) is 4.49. The third-order valence-electron chi connectivity index (χ3n) is 6.09. The molecule has 2 aromatic heterocycles. The standard InChI is InChI=1S/C26H30ClN5O3/c1-15-11-19(25-20(12-15)23(33)16(2)24(35-25)18(13-28)14-29-4)17(3)30-21-5-6-22(27)31-26(21)32-7-9-34-10-8-32/h5-6,11-14,17,30H,7-10,28H2,1-4H3/b18-13+,29-14?. The van der Waals surface area contributed by atoms with E-state index in [1.165, 1.54) is 6.20 Å². The Bertz CT molecular complexity index is 1360. The van der Waals surface area contributed by atoms with E-state index in [-0.39, 0.29) is 11.5 Å². The molecule has 1 aliphatic heterocycles. The maximum Gasteiger partial charge on any atom is 0.196 e. The number of rotatable bonds is 6. The first-order valence-electron chi connectivity index (χ1n) is 11.5. The van der Waals surface area contributed by atoms with Gasteiger partial charge in [0.05, 0.1) is 35.9 Å². The number of hydrogen-bond donors (Lipinski definition) is 2. The molecule has 9 heteroatoms. The number of nitrogens with two attached hydrogens (primary N) is 1. The highest BCUT2D eigenvalue weighted by Crippen LogP contribution is 2.33. The van der Waals surface area contributed by atoms with Gasteiger partial charge in [-0.25, -0.2) is 4.98 Å². The lowest BCUT2D eigenvalue weighted by Crippen LogP contribution is -2.37. The van der Waals surface area contributed by atoms with E-state index in [9.17, 15) is 4.79 Å². The van der Waals surface area contributed by atoms with Crippen LogP contribution >= 0.6 is 11.6 Å². The van der Waals surface area contributed by atoms with Crippen molar-refractivity contribution in [2.45, 2.75) is 26.8 Å². The first kappa shape index (κ1) is 24.8. The fourth-order valence-electron chi connectivity index (χ4n) is 4.35. The van der Waals surface area contributed by atoms with E-state index in [0.717, 1.165) is 35.7 Å². The zero-order valence-corrected chi connectivity index (χ0v) is 21.1. The monoisotopic (exact) mass is 495 g/mol. The number of aliphatic imine (C=N–C) groups is 1. The summed E-state index contributed by atoms with van der Waals surface area (Å²) in [4.78, 5) is 24.1. The van der Waals surface area contributed by atoms with Crippen molar-refractivity contribution >= 4 is 45.9 Å².